The summed E-state index contributed by atoms with van der Waals surface area (Å²) in [5, 5.41) is 30.7. The Balaban J connectivity index is 2.49. The van der Waals surface area contributed by atoms with Crippen molar-refractivity contribution in [1.82, 2.24) is 10.6 Å². The fourth-order valence-electron chi connectivity index (χ4n) is 1.56. The smallest absolute Gasteiger partial charge is 0.408 e. The maximum Gasteiger partial charge on any atom is 0.408 e. The van der Waals surface area contributed by atoms with E-state index < -0.39 is 43.3 Å². The lowest BCUT2D eigenvalue weighted by Gasteiger charge is -2.18. The average Bonchev–Trinajstić information content (AvgIpc) is 2.56. The lowest BCUT2D eigenvalue weighted by atomic mass is 10.2. The molecule has 1 rings (SSSR count). The zero-order valence-corrected chi connectivity index (χ0v) is 12.1. The molecular weight excluding hydrogens is 308 g/mol. The summed E-state index contributed by atoms with van der Waals surface area (Å²) >= 11 is 0. The number of carbonyl (C=O) groups is 3. The second-order valence-electron chi connectivity index (χ2n) is 4.52. The predicted octanol–water partition coefficient (Wildman–Crippen LogP) is -1.16. The largest absolute Gasteiger partial charge is 0.480 e. The summed E-state index contributed by atoms with van der Waals surface area (Å²) < 4.78 is 4.88. The normalized spacial score (nSPS) is 12.8. The van der Waals surface area contributed by atoms with Crippen LogP contribution in [0, 0.1) is 0 Å². The molecule has 1 aromatic rings. The van der Waals surface area contributed by atoms with E-state index in [2.05, 4.69) is 5.32 Å². The summed E-state index contributed by atoms with van der Waals surface area (Å²) in [5.74, 6) is -2.39. The molecular formula is C14H18N2O7. The first-order chi connectivity index (χ1) is 11.0. The second-order valence-corrected chi connectivity index (χ2v) is 4.52. The highest BCUT2D eigenvalue weighted by molar-refractivity contribution is 5.89. The Labute approximate surface area is 131 Å². The van der Waals surface area contributed by atoms with Crippen LogP contribution in [0.1, 0.15) is 5.56 Å². The predicted molar refractivity (Wildman–Crippen MR) is 77.3 cm³/mol. The molecule has 23 heavy (non-hydrogen) atoms. The molecule has 0 bridgehead atoms. The van der Waals surface area contributed by atoms with E-state index in [1.54, 1.807) is 30.3 Å². The number of aliphatic hydroxyl groups is 2. The molecule has 0 fully saturated rings. The Morgan fingerprint density at radius 1 is 1.00 bits per heavy atom. The van der Waals surface area contributed by atoms with Gasteiger partial charge in [0, 0.05) is 0 Å². The molecule has 5 N–H and O–H groups in total. The zero-order valence-electron chi connectivity index (χ0n) is 12.1. The fourth-order valence-corrected chi connectivity index (χ4v) is 1.56. The minimum Gasteiger partial charge on any atom is -0.480 e. The number of carboxylic acid groups (broad SMARTS) is 1. The van der Waals surface area contributed by atoms with Crippen LogP contribution in [0.4, 0.5) is 4.79 Å². The van der Waals surface area contributed by atoms with Crippen LogP contribution in [0.5, 0.6) is 0 Å². The van der Waals surface area contributed by atoms with Gasteiger partial charge in [0.1, 0.15) is 18.7 Å². The molecule has 0 radical (unpaired) electrons. The number of hydrogen-bond acceptors (Lipinski definition) is 6. The van der Waals surface area contributed by atoms with Gasteiger partial charge in [-0.2, -0.15) is 0 Å². The van der Waals surface area contributed by atoms with E-state index in [1.165, 1.54) is 0 Å². The third-order valence-electron chi connectivity index (χ3n) is 2.80. The highest BCUT2D eigenvalue weighted by Crippen LogP contribution is 2.00. The van der Waals surface area contributed by atoms with Gasteiger partial charge >= 0.3 is 12.1 Å². The minimum atomic E-state index is -1.53. The van der Waals surface area contributed by atoms with Crippen molar-refractivity contribution in [3.8, 4) is 0 Å². The summed E-state index contributed by atoms with van der Waals surface area (Å²) in [5.41, 5.74) is 0.735. The molecule has 1 unspecified atom stereocenters. The summed E-state index contributed by atoms with van der Waals surface area (Å²) in [6, 6.07) is 5.88. The molecule has 0 heterocycles. The van der Waals surface area contributed by atoms with E-state index in [0.717, 1.165) is 5.56 Å². The summed E-state index contributed by atoms with van der Waals surface area (Å²) in [7, 11) is 0. The van der Waals surface area contributed by atoms with Crippen LogP contribution >= 0.6 is 0 Å². The van der Waals surface area contributed by atoms with E-state index in [-0.39, 0.29) is 6.61 Å². The van der Waals surface area contributed by atoms with E-state index >= 15 is 0 Å². The Hall–Kier alpha value is -2.65. The van der Waals surface area contributed by atoms with Crippen molar-refractivity contribution in [2.75, 3.05) is 13.2 Å². The zero-order chi connectivity index (χ0) is 17.2. The van der Waals surface area contributed by atoms with Crippen molar-refractivity contribution < 1.29 is 34.4 Å². The number of aliphatic carboxylic acids is 1. The van der Waals surface area contributed by atoms with E-state index in [4.69, 9.17) is 20.1 Å². The SMILES string of the molecule is O=C(N[C@@H](CO)C(=O)NC(CO)C(=O)O)OCc1ccccc1. The van der Waals surface area contributed by atoms with E-state index in [9.17, 15) is 14.4 Å². The quantitative estimate of drug-likeness (QED) is 0.405. The van der Waals surface area contributed by atoms with Crippen LogP contribution < -0.4 is 10.6 Å². The van der Waals surface area contributed by atoms with Gasteiger partial charge in [-0.15, -0.1) is 0 Å². The molecule has 1 aromatic carbocycles. The third-order valence-corrected chi connectivity index (χ3v) is 2.80. The van der Waals surface area contributed by atoms with E-state index in [1.807, 2.05) is 5.32 Å². The molecule has 0 saturated carbocycles. The third kappa shape index (κ3) is 6.32. The summed E-state index contributed by atoms with van der Waals surface area (Å²) in [6.45, 7) is -1.61. The van der Waals surface area contributed by atoms with Crippen molar-refractivity contribution in [1.29, 1.82) is 0 Å². The first kappa shape index (κ1) is 18.4. The molecule has 2 amide bonds. The topological polar surface area (TPSA) is 145 Å². The van der Waals surface area contributed by atoms with Crippen molar-refractivity contribution in [3.63, 3.8) is 0 Å². The molecule has 2 atom stereocenters. The number of carbonyl (C=O) groups excluding carboxylic acids is 2. The number of nitrogens with one attached hydrogen (secondary N) is 2. The molecule has 9 nitrogen and oxygen atoms in total. The number of benzene rings is 1. The molecule has 0 aliphatic heterocycles. The van der Waals surface area contributed by atoms with Gasteiger partial charge in [-0.05, 0) is 5.56 Å². The number of alkyl carbamates (subject to hydrolysis) is 1. The number of aliphatic hydroxyl groups excluding tert-OH is 2. The number of rotatable bonds is 8. The molecule has 0 saturated heterocycles. The summed E-state index contributed by atoms with van der Waals surface area (Å²) in [6.07, 6.45) is -0.945. The molecule has 0 aliphatic rings. The number of hydrogen-bond donors (Lipinski definition) is 5. The minimum absolute atomic E-state index is 0.0270. The van der Waals surface area contributed by atoms with Crippen LogP contribution in [0.3, 0.4) is 0 Å². The monoisotopic (exact) mass is 326 g/mol. The number of carboxylic acids is 1. The Kier molecular flexibility index (Phi) is 7.51. The Morgan fingerprint density at radius 2 is 1.61 bits per heavy atom. The second kappa shape index (κ2) is 9.38. The Morgan fingerprint density at radius 3 is 2.13 bits per heavy atom. The van der Waals surface area contributed by atoms with Crippen molar-refractivity contribution in [3.05, 3.63) is 35.9 Å². The van der Waals surface area contributed by atoms with Crippen LogP contribution in [0.15, 0.2) is 30.3 Å². The van der Waals surface area contributed by atoms with Gasteiger partial charge in [-0.25, -0.2) is 9.59 Å². The number of ether oxygens (including phenoxy) is 1. The van der Waals surface area contributed by atoms with Gasteiger partial charge in [0.25, 0.3) is 0 Å². The van der Waals surface area contributed by atoms with Gasteiger partial charge in [0.15, 0.2) is 0 Å². The van der Waals surface area contributed by atoms with Crippen LogP contribution in [0.25, 0.3) is 0 Å². The average molecular weight is 326 g/mol. The van der Waals surface area contributed by atoms with Crippen molar-refractivity contribution in [2.45, 2.75) is 18.7 Å². The fraction of sp³-hybridized carbons (Fsp3) is 0.357. The lowest BCUT2D eigenvalue weighted by molar-refractivity contribution is -0.143. The lowest BCUT2D eigenvalue weighted by Crippen LogP contribution is -2.54. The van der Waals surface area contributed by atoms with Crippen LogP contribution in [-0.4, -0.2) is 58.6 Å². The van der Waals surface area contributed by atoms with Crippen molar-refractivity contribution in [2.24, 2.45) is 0 Å². The number of amides is 2. The molecule has 0 aliphatic carbocycles. The van der Waals surface area contributed by atoms with E-state index in [0.29, 0.717) is 0 Å². The van der Waals surface area contributed by atoms with Crippen molar-refractivity contribution >= 4 is 18.0 Å². The van der Waals surface area contributed by atoms with Gasteiger partial charge in [0.2, 0.25) is 5.91 Å². The van der Waals surface area contributed by atoms with Crippen LogP contribution in [0.2, 0.25) is 0 Å². The molecule has 0 aromatic heterocycles. The molecule has 126 valence electrons. The standard InChI is InChI=1S/C14H18N2O7/c17-6-10(12(19)15-11(7-18)13(20)21)16-14(22)23-8-9-4-2-1-3-5-9/h1-5,10-11,17-18H,6-8H2,(H,15,19)(H,16,22)(H,20,21)/t10-,11?/m0/s1. The molecule has 9 heteroatoms. The first-order valence-electron chi connectivity index (χ1n) is 6.70. The van der Waals surface area contributed by atoms with Crippen LogP contribution in [-0.2, 0) is 20.9 Å². The van der Waals surface area contributed by atoms with Gasteiger partial charge in [-0.3, -0.25) is 4.79 Å². The van der Waals surface area contributed by atoms with Gasteiger partial charge in [-0.1, -0.05) is 30.3 Å². The first-order valence-corrected chi connectivity index (χ1v) is 6.70. The van der Waals surface area contributed by atoms with Gasteiger partial charge in [0.05, 0.1) is 13.2 Å². The highest BCUT2D eigenvalue weighted by atomic mass is 16.5. The maximum absolute atomic E-state index is 11.7. The summed E-state index contributed by atoms with van der Waals surface area (Å²) in [4.78, 5) is 34.0. The molecule has 0 spiro atoms. The van der Waals surface area contributed by atoms with Gasteiger partial charge < -0.3 is 30.7 Å². The Bertz CT molecular complexity index is 535. The maximum atomic E-state index is 11.7. The highest BCUT2D eigenvalue weighted by Gasteiger charge is 2.25.